The van der Waals surface area contributed by atoms with Gasteiger partial charge in [-0.3, -0.25) is 19.0 Å². The van der Waals surface area contributed by atoms with E-state index in [-0.39, 0.29) is 29.8 Å². The van der Waals surface area contributed by atoms with Crippen LogP contribution in [-0.2, 0) is 16.1 Å². The van der Waals surface area contributed by atoms with Crippen molar-refractivity contribution >= 4 is 44.3 Å². The number of hydrogen-bond donors (Lipinski definition) is 2. The van der Waals surface area contributed by atoms with Gasteiger partial charge in [-0.05, 0) is 44.2 Å². The topological polar surface area (TPSA) is 109 Å². The van der Waals surface area contributed by atoms with Crippen molar-refractivity contribution in [1.29, 1.82) is 0 Å². The van der Waals surface area contributed by atoms with Gasteiger partial charge in [-0.15, -0.1) is 0 Å². The fourth-order valence-corrected chi connectivity index (χ4v) is 5.06. The highest BCUT2D eigenvalue weighted by Gasteiger charge is 2.31. The molecule has 1 saturated heterocycles. The summed E-state index contributed by atoms with van der Waals surface area (Å²) >= 11 is 1.27. The molecule has 0 bridgehead atoms. The number of nitrogens with zero attached hydrogens (tertiary/aromatic N) is 4. The Kier molecular flexibility index (Phi) is 5.84. The monoisotopic (exact) mass is 466 g/mol. The van der Waals surface area contributed by atoms with Crippen LogP contribution in [0.25, 0.3) is 10.3 Å². The van der Waals surface area contributed by atoms with Crippen molar-refractivity contribution in [2.45, 2.75) is 45.2 Å². The van der Waals surface area contributed by atoms with E-state index < -0.39 is 0 Å². The molecule has 33 heavy (non-hydrogen) atoms. The minimum absolute atomic E-state index is 0.0684. The molecule has 3 aromatic rings. The molecule has 0 unspecified atom stereocenters. The van der Waals surface area contributed by atoms with Gasteiger partial charge < -0.3 is 15.5 Å². The summed E-state index contributed by atoms with van der Waals surface area (Å²) in [5.74, 6) is -0.248. The van der Waals surface area contributed by atoms with Crippen molar-refractivity contribution in [3.63, 3.8) is 0 Å². The van der Waals surface area contributed by atoms with Crippen LogP contribution in [0.4, 0.5) is 10.8 Å². The van der Waals surface area contributed by atoms with Gasteiger partial charge in [0.25, 0.3) is 5.56 Å². The van der Waals surface area contributed by atoms with E-state index in [1.165, 1.54) is 22.2 Å². The van der Waals surface area contributed by atoms with Crippen molar-refractivity contribution in [3.8, 4) is 0 Å². The fraction of sp³-hybridized carbons (Fsp3) is 0.435. The molecule has 2 N–H and O–H groups in total. The molecule has 3 heterocycles. The SMILES string of the molecule is Cc1ccccc1NC(=O)Cn1cnc2nc(N3CCC[C@H](C(=O)NC4CC4)C3)sc2c1=O. The second-order valence-electron chi connectivity index (χ2n) is 8.76. The Labute approximate surface area is 194 Å². The molecule has 172 valence electrons. The normalized spacial score (nSPS) is 18.3. The van der Waals surface area contributed by atoms with E-state index >= 15 is 0 Å². The smallest absolute Gasteiger partial charge is 0.273 e. The predicted octanol–water partition coefficient (Wildman–Crippen LogP) is 2.30. The van der Waals surface area contributed by atoms with Crippen LogP contribution < -0.4 is 21.1 Å². The first-order valence-corrected chi connectivity index (χ1v) is 12.1. The van der Waals surface area contributed by atoms with Crippen LogP contribution in [0.5, 0.6) is 0 Å². The van der Waals surface area contributed by atoms with Gasteiger partial charge in [0.1, 0.15) is 17.6 Å². The maximum Gasteiger partial charge on any atom is 0.273 e. The number of aromatic nitrogens is 3. The number of amides is 2. The Balaban J connectivity index is 1.31. The highest BCUT2D eigenvalue weighted by molar-refractivity contribution is 7.22. The molecule has 1 atom stereocenters. The Morgan fingerprint density at radius 2 is 2.03 bits per heavy atom. The quantitative estimate of drug-likeness (QED) is 0.577. The second-order valence-corrected chi connectivity index (χ2v) is 9.74. The molecule has 2 aromatic heterocycles. The van der Waals surface area contributed by atoms with E-state index in [1.807, 2.05) is 31.2 Å². The van der Waals surface area contributed by atoms with E-state index in [2.05, 4.69) is 25.5 Å². The lowest BCUT2D eigenvalue weighted by molar-refractivity contribution is -0.125. The van der Waals surface area contributed by atoms with Crippen LogP contribution in [-0.4, -0.2) is 45.5 Å². The maximum atomic E-state index is 13.0. The summed E-state index contributed by atoms with van der Waals surface area (Å²) in [5.41, 5.74) is 1.75. The van der Waals surface area contributed by atoms with E-state index in [1.54, 1.807) is 0 Å². The van der Waals surface area contributed by atoms with Gasteiger partial charge in [-0.2, -0.15) is 4.98 Å². The summed E-state index contributed by atoms with van der Waals surface area (Å²) < 4.78 is 1.72. The van der Waals surface area contributed by atoms with E-state index in [0.29, 0.717) is 28.1 Å². The number of para-hydroxylation sites is 1. The molecule has 2 fully saturated rings. The number of fused-ring (bicyclic) bond motifs is 1. The molecule has 1 saturated carbocycles. The number of aryl methyl sites for hydroxylation is 1. The average molecular weight is 467 g/mol. The molecule has 5 rings (SSSR count). The molecule has 2 amide bonds. The Hall–Kier alpha value is -3.27. The van der Waals surface area contributed by atoms with E-state index in [4.69, 9.17) is 0 Å². The average Bonchev–Trinajstić information content (AvgIpc) is 3.51. The zero-order valence-corrected chi connectivity index (χ0v) is 19.2. The zero-order chi connectivity index (χ0) is 22.9. The molecule has 1 aromatic carbocycles. The molecular weight excluding hydrogens is 440 g/mol. The lowest BCUT2D eigenvalue weighted by atomic mass is 9.97. The zero-order valence-electron chi connectivity index (χ0n) is 18.4. The number of hydrogen-bond acceptors (Lipinski definition) is 7. The van der Waals surface area contributed by atoms with Crippen LogP contribution in [0.1, 0.15) is 31.2 Å². The van der Waals surface area contributed by atoms with Gasteiger partial charge in [-0.1, -0.05) is 29.5 Å². The molecule has 2 aliphatic rings. The number of thiazole rings is 1. The van der Waals surface area contributed by atoms with Crippen LogP contribution >= 0.6 is 11.3 Å². The van der Waals surface area contributed by atoms with Crippen molar-refractivity contribution in [1.82, 2.24) is 19.9 Å². The Bertz CT molecular complexity index is 1260. The van der Waals surface area contributed by atoms with Gasteiger partial charge in [0.15, 0.2) is 10.8 Å². The largest absolute Gasteiger partial charge is 0.353 e. The maximum absolute atomic E-state index is 13.0. The Morgan fingerprint density at radius 1 is 1.21 bits per heavy atom. The van der Waals surface area contributed by atoms with Crippen LogP contribution in [0.2, 0.25) is 0 Å². The minimum Gasteiger partial charge on any atom is -0.353 e. The molecule has 0 radical (unpaired) electrons. The first-order chi connectivity index (χ1) is 16.0. The van der Waals surface area contributed by atoms with Crippen LogP contribution in [0.3, 0.4) is 0 Å². The summed E-state index contributed by atoms with van der Waals surface area (Å²) in [4.78, 5) is 48.9. The van der Waals surface area contributed by atoms with Gasteiger partial charge in [0, 0.05) is 24.8 Å². The molecule has 9 nitrogen and oxygen atoms in total. The second kappa shape index (κ2) is 8.93. The minimum atomic E-state index is -0.294. The molecule has 1 aliphatic heterocycles. The number of anilines is 2. The fourth-order valence-electron chi connectivity index (χ4n) is 4.05. The number of rotatable bonds is 6. The third kappa shape index (κ3) is 4.75. The summed E-state index contributed by atoms with van der Waals surface area (Å²) in [6.07, 6.45) is 5.27. The highest BCUT2D eigenvalue weighted by Crippen LogP contribution is 2.30. The van der Waals surface area contributed by atoms with Crippen LogP contribution in [0.15, 0.2) is 35.4 Å². The van der Waals surface area contributed by atoms with Crippen LogP contribution in [0, 0.1) is 12.8 Å². The lowest BCUT2D eigenvalue weighted by Gasteiger charge is -2.31. The summed E-state index contributed by atoms with van der Waals surface area (Å²) in [5, 5.41) is 6.63. The third-order valence-electron chi connectivity index (χ3n) is 6.09. The molecule has 0 spiro atoms. The number of carbonyl (C=O) groups excluding carboxylic acids is 2. The third-order valence-corrected chi connectivity index (χ3v) is 7.19. The highest BCUT2D eigenvalue weighted by atomic mass is 32.1. The Morgan fingerprint density at radius 3 is 2.82 bits per heavy atom. The van der Waals surface area contributed by atoms with Gasteiger partial charge in [0.2, 0.25) is 11.8 Å². The first kappa shape index (κ1) is 21.6. The van der Waals surface area contributed by atoms with Crippen molar-refractivity contribution in [2.24, 2.45) is 5.92 Å². The number of carbonyl (C=O) groups is 2. The molecular formula is C23H26N6O3S. The predicted molar refractivity (Wildman–Crippen MR) is 128 cm³/mol. The van der Waals surface area contributed by atoms with Gasteiger partial charge in [0.05, 0.1) is 5.92 Å². The lowest BCUT2D eigenvalue weighted by Crippen LogP contribution is -2.43. The van der Waals surface area contributed by atoms with Crippen molar-refractivity contribution < 1.29 is 9.59 Å². The van der Waals surface area contributed by atoms with Crippen molar-refractivity contribution in [3.05, 3.63) is 46.5 Å². The van der Waals surface area contributed by atoms with Crippen molar-refractivity contribution in [2.75, 3.05) is 23.3 Å². The first-order valence-electron chi connectivity index (χ1n) is 11.2. The van der Waals surface area contributed by atoms with E-state index in [0.717, 1.165) is 43.5 Å². The summed E-state index contributed by atoms with van der Waals surface area (Å²) in [6.45, 7) is 3.16. The van der Waals surface area contributed by atoms with Gasteiger partial charge >= 0.3 is 0 Å². The molecule has 10 heteroatoms. The number of nitrogens with one attached hydrogen (secondary N) is 2. The summed E-state index contributed by atoms with van der Waals surface area (Å²) in [6, 6.07) is 7.83. The number of benzene rings is 1. The summed E-state index contributed by atoms with van der Waals surface area (Å²) in [7, 11) is 0. The van der Waals surface area contributed by atoms with Gasteiger partial charge in [-0.25, -0.2) is 4.98 Å². The molecule has 1 aliphatic carbocycles. The standard InChI is InChI=1S/C23H26N6O3S/c1-14-5-2-3-7-17(14)26-18(30)12-29-13-24-20-19(22(29)32)33-23(27-20)28-10-4-6-15(11-28)21(31)25-16-8-9-16/h2-3,5,7,13,15-16H,4,6,8-12H2,1H3,(H,25,31)(H,26,30)/t15-/m0/s1. The number of piperidine rings is 1. The van der Waals surface area contributed by atoms with E-state index in [9.17, 15) is 14.4 Å².